The molecule has 2 aromatic carbocycles. The molecule has 3 N–H and O–H groups in total. The third kappa shape index (κ3) is 7.17. The second-order valence-electron chi connectivity index (χ2n) is 5.10. The molecule has 0 bridgehead atoms. The van der Waals surface area contributed by atoms with E-state index in [1.54, 1.807) is 0 Å². The second-order valence-corrected chi connectivity index (χ2v) is 5.10. The van der Waals surface area contributed by atoms with Crippen molar-refractivity contribution in [2.45, 2.75) is 18.9 Å². The van der Waals surface area contributed by atoms with Gasteiger partial charge in [0.1, 0.15) is 5.75 Å². The Hall–Kier alpha value is -2.04. The summed E-state index contributed by atoms with van der Waals surface area (Å²) in [5, 5.41) is 2.85. The predicted molar refractivity (Wildman–Crippen MR) is 94.9 cm³/mol. The number of halogens is 1. The van der Waals surface area contributed by atoms with Gasteiger partial charge in [-0.05, 0) is 30.5 Å². The first-order valence-electron chi connectivity index (χ1n) is 7.51. The molecule has 0 aliphatic heterocycles. The van der Waals surface area contributed by atoms with Gasteiger partial charge < -0.3 is 15.8 Å². The average molecular weight is 335 g/mol. The Morgan fingerprint density at radius 2 is 1.65 bits per heavy atom. The van der Waals surface area contributed by atoms with Crippen LogP contribution in [0.2, 0.25) is 0 Å². The monoisotopic (exact) mass is 334 g/mol. The van der Waals surface area contributed by atoms with E-state index in [0.717, 1.165) is 17.7 Å². The van der Waals surface area contributed by atoms with E-state index in [4.69, 9.17) is 10.5 Å². The molecule has 0 heterocycles. The molecule has 0 aliphatic rings. The Morgan fingerprint density at radius 3 is 2.30 bits per heavy atom. The molecule has 23 heavy (non-hydrogen) atoms. The third-order valence-electron chi connectivity index (χ3n) is 3.27. The highest BCUT2D eigenvalue weighted by Crippen LogP contribution is 2.08. The van der Waals surface area contributed by atoms with Crippen molar-refractivity contribution in [2.24, 2.45) is 5.73 Å². The Kier molecular flexibility index (Phi) is 8.80. The Bertz CT molecular complexity index is 564. The number of amides is 1. The normalized spacial score (nSPS) is 11.2. The fourth-order valence-corrected chi connectivity index (χ4v) is 2.08. The van der Waals surface area contributed by atoms with Crippen LogP contribution in [0, 0.1) is 0 Å². The second kappa shape index (κ2) is 10.6. The highest BCUT2D eigenvalue weighted by atomic mass is 35.5. The molecule has 4 nitrogen and oxygen atoms in total. The summed E-state index contributed by atoms with van der Waals surface area (Å²) in [5.74, 6) is 0.721. The lowest BCUT2D eigenvalue weighted by atomic mass is 10.1. The maximum atomic E-state index is 11.9. The minimum absolute atomic E-state index is 0. The van der Waals surface area contributed by atoms with E-state index >= 15 is 0 Å². The molecule has 0 spiro atoms. The smallest absolute Gasteiger partial charge is 0.237 e. The lowest BCUT2D eigenvalue weighted by molar-refractivity contribution is -0.122. The van der Waals surface area contributed by atoms with Crippen LogP contribution in [-0.4, -0.2) is 25.1 Å². The number of para-hydroxylation sites is 1. The maximum absolute atomic E-state index is 11.9. The zero-order valence-electron chi connectivity index (χ0n) is 13.0. The maximum Gasteiger partial charge on any atom is 0.237 e. The van der Waals surface area contributed by atoms with Crippen LogP contribution in [0.4, 0.5) is 0 Å². The van der Waals surface area contributed by atoms with E-state index in [2.05, 4.69) is 5.32 Å². The highest BCUT2D eigenvalue weighted by Gasteiger charge is 2.13. The molecule has 1 unspecified atom stereocenters. The van der Waals surface area contributed by atoms with Crippen LogP contribution in [0.1, 0.15) is 12.0 Å². The van der Waals surface area contributed by atoms with Crippen molar-refractivity contribution in [3.8, 4) is 5.75 Å². The molecule has 0 radical (unpaired) electrons. The van der Waals surface area contributed by atoms with Gasteiger partial charge in [0.2, 0.25) is 5.91 Å². The van der Waals surface area contributed by atoms with Crippen molar-refractivity contribution in [1.29, 1.82) is 0 Å². The summed E-state index contributed by atoms with van der Waals surface area (Å²) in [6.07, 6.45) is 1.30. The minimum Gasteiger partial charge on any atom is -0.494 e. The number of rotatable bonds is 8. The van der Waals surface area contributed by atoms with Crippen molar-refractivity contribution in [3.05, 3.63) is 66.2 Å². The number of benzene rings is 2. The van der Waals surface area contributed by atoms with Crippen LogP contribution < -0.4 is 15.8 Å². The molecule has 0 aliphatic carbocycles. The van der Waals surface area contributed by atoms with Gasteiger partial charge >= 0.3 is 0 Å². The molecule has 1 amide bonds. The Labute approximate surface area is 143 Å². The molecule has 0 saturated carbocycles. The summed E-state index contributed by atoms with van der Waals surface area (Å²) >= 11 is 0. The summed E-state index contributed by atoms with van der Waals surface area (Å²) < 4.78 is 5.56. The van der Waals surface area contributed by atoms with Crippen LogP contribution in [0.25, 0.3) is 0 Å². The molecule has 0 fully saturated rings. The number of ether oxygens (including phenoxy) is 1. The van der Waals surface area contributed by atoms with Crippen molar-refractivity contribution in [1.82, 2.24) is 5.32 Å². The number of carbonyl (C=O) groups is 1. The minimum atomic E-state index is -0.516. The van der Waals surface area contributed by atoms with Gasteiger partial charge in [-0.1, -0.05) is 48.5 Å². The first kappa shape index (κ1) is 19.0. The van der Waals surface area contributed by atoms with Gasteiger partial charge in [0.05, 0.1) is 12.6 Å². The predicted octanol–water partition coefficient (Wildman–Crippen LogP) is 2.56. The molecular weight excluding hydrogens is 312 g/mol. The van der Waals surface area contributed by atoms with Crippen LogP contribution >= 0.6 is 12.4 Å². The van der Waals surface area contributed by atoms with Gasteiger partial charge in [-0.3, -0.25) is 4.79 Å². The number of hydrogen-bond acceptors (Lipinski definition) is 3. The van der Waals surface area contributed by atoms with Gasteiger partial charge in [0.15, 0.2) is 0 Å². The SMILES string of the molecule is Cl.NC(Cc1ccccc1)C(=O)NCCCOc1ccccc1. The lowest BCUT2D eigenvalue weighted by Gasteiger charge is -2.12. The van der Waals surface area contributed by atoms with Crippen molar-refractivity contribution in [2.75, 3.05) is 13.2 Å². The molecule has 0 saturated heterocycles. The topological polar surface area (TPSA) is 64.4 Å². The Balaban J connectivity index is 0.00000264. The van der Waals surface area contributed by atoms with Gasteiger partial charge in [-0.2, -0.15) is 0 Å². The molecule has 0 aromatic heterocycles. The molecule has 2 rings (SSSR count). The van der Waals surface area contributed by atoms with Crippen molar-refractivity contribution in [3.63, 3.8) is 0 Å². The average Bonchev–Trinajstić information content (AvgIpc) is 2.56. The highest BCUT2D eigenvalue weighted by molar-refractivity contribution is 5.85. The quantitative estimate of drug-likeness (QED) is 0.729. The number of hydrogen-bond donors (Lipinski definition) is 2. The largest absolute Gasteiger partial charge is 0.494 e. The summed E-state index contributed by atoms with van der Waals surface area (Å²) in [6, 6.07) is 18.9. The van der Waals surface area contributed by atoms with Crippen LogP contribution in [0.5, 0.6) is 5.75 Å². The summed E-state index contributed by atoms with van der Waals surface area (Å²) in [6.45, 7) is 1.13. The molecule has 124 valence electrons. The molecule has 5 heteroatoms. The van der Waals surface area contributed by atoms with Crippen molar-refractivity contribution < 1.29 is 9.53 Å². The zero-order valence-corrected chi connectivity index (χ0v) is 13.8. The Morgan fingerprint density at radius 1 is 1.04 bits per heavy atom. The van der Waals surface area contributed by atoms with Gasteiger partial charge in [-0.15, -0.1) is 12.4 Å². The van der Waals surface area contributed by atoms with E-state index in [1.165, 1.54) is 0 Å². The van der Waals surface area contributed by atoms with E-state index in [9.17, 15) is 4.79 Å². The number of carbonyl (C=O) groups excluding carboxylic acids is 1. The standard InChI is InChI=1S/C18H22N2O2.ClH/c19-17(14-15-8-3-1-4-9-15)18(21)20-12-7-13-22-16-10-5-2-6-11-16;/h1-6,8-11,17H,7,12-14,19H2,(H,20,21);1H. The summed E-state index contributed by atoms with van der Waals surface area (Å²) in [7, 11) is 0. The molecule has 1 atom stereocenters. The molecule has 2 aromatic rings. The third-order valence-corrected chi connectivity index (χ3v) is 3.27. The van der Waals surface area contributed by atoms with E-state index < -0.39 is 6.04 Å². The van der Waals surface area contributed by atoms with Gasteiger partial charge in [0.25, 0.3) is 0 Å². The first-order valence-corrected chi connectivity index (χ1v) is 7.51. The number of nitrogens with two attached hydrogens (primary N) is 1. The molecular formula is C18H23ClN2O2. The fraction of sp³-hybridized carbons (Fsp3) is 0.278. The summed E-state index contributed by atoms with van der Waals surface area (Å²) in [4.78, 5) is 11.9. The summed E-state index contributed by atoms with van der Waals surface area (Å²) in [5.41, 5.74) is 6.98. The van der Waals surface area contributed by atoms with Gasteiger partial charge in [-0.25, -0.2) is 0 Å². The lowest BCUT2D eigenvalue weighted by Crippen LogP contribution is -2.42. The number of nitrogens with one attached hydrogen (secondary N) is 1. The van der Waals surface area contributed by atoms with E-state index in [-0.39, 0.29) is 18.3 Å². The van der Waals surface area contributed by atoms with Crippen LogP contribution in [-0.2, 0) is 11.2 Å². The van der Waals surface area contributed by atoms with Gasteiger partial charge in [0, 0.05) is 6.54 Å². The van der Waals surface area contributed by atoms with Crippen LogP contribution in [0.3, 0.4) is 0 Å². The van der Waals surface area contributed by atoms with Crippen LogP contribution in [0.15, 0.2) is 60.7 Å². The van der Waals surface area contributed by atoms with E-state index in [1.807, 2.05) is 60.7 Å². The van der Waals surface area contributed by atoms with Crippen molar-refractivity contribution >= 4 is 18.3 Å². The van der Waals surface area contributed by atoms with E-state index in [0.29, 0.717) is 19.6 Å². The fourth-order valence-electron chi connectivity index (χ4n) is 2.08. The first-order chi connectivity index (χ1) is 10.8. The zero-order chi connectivity index (χ0) is 15.6.